The van der Waals surface area contributed by atoms with Crippen LogP contribution in [0.15, 0.2) is 79.9 Å². The standard InChI is InChI=1S/C29H31FO/c1-3-19-31-28-18-16-26-20-23(11-17-27(26)29(28)30)6-5-22-9-14-25(15-10-22)24-12-7-21(4-2)8-13-24/h3-4,9-11,14-18,20-21,24H,1-2,5-8,12-13,19H2. The summed E-state index contributed by atoms with van der Waals surface area (Å²) < 4.78 is 20.0. The molecule has 31 heavy (non-hydrogen) atoms. The van der Waals surface area contributed by atoms with Gasteiger partial charge in [-0.3, -0.25) is 0 Å². The topological polar surface area (TPSA) is 9.23 Å². The van der Waals surface area contributed by atoms with Gasteiger partial charge in [-0.25, -0.2) is 4.39 Å². The molecule has 0 heterocycles. The summed E-state index contributed by atoms with van der Waals surface area (Å²) in [6.45, 7) is 7.86. The van der Waals surface area contributed by atoms with Crippen LogP contribution < -0.4 is 4.74 Å². The minimum atomic E-state index is -0.302. The first-order valence-electron chi connectivity index (χ1n) is 11.3. The Morgan fingerprint density at radius 1 is 0.871 bits per heavy atom. The Hall–Kier alpha value is -2.87. The average molecular weight is 415 g/mol. The number of hydrogen-bond acceptors (Lipinski definition) is 1. The van der Waals surface area contributed by atoms with E-state index in [-0.39, 0.29) is 11.6 Å². The number of allylic oxidation sites excluding steroid dienone is 1. The van der Waals surface area contributed by atoms with Crippen molar-refractivity contribution in [3.8, 4) is 5.75 Å². The summed E-state index contributed by atoms with van der Waals surface area (Å²) in [5, 5.41) is 1.51. The maximum atomic E-state index is 14.6. The minimum Gasteiger partial charge on any atom is -0.486 e. The predicted octanol–water partition coefficient (Wildman–Crippen LogP) is 7.79. The van der Waals surface area contributed by atoms with Crippen molar-refractivity contribution < 1.29 is 9.13 Å². The van der Waals surface area contributed by atoms with Crippen molar-refractivity contribution in [2.24, 2.45) is 5.92 Å². The molecule has 160 valence electrons. The Bertz CT molecular complexity index is 1040. The van der Waals surface area contributed by atoms with Gasteiger partial charge in [0.25, 0.3) is 0 Å². The minimum absolute atomic E-state index is 0.276. The van der Waals surface area contributed by atoms with Gasteiger partial charge in [-0.05, 0) is 78.5 Å². The molecule has 0 saturated heterocycles. The molecule has 3 aromatic carbocycles. The van der Waals surface area contributed by atoms with E-state index in [1.807, 2.05) is 18.2 Å². The normalized spacial score (nSPS) is 18.6. The first-order valence-corrected chi connectivity index (χ1v) is 11.3. The van der Waals surface area contributed by atoms with Crippen LogP contribution in [0.5, 0.6) is 5.75 Å². The van der Waals surface area contributed by atoms with E-state index in [1.165, 1.54) is 42.4 Å². The van der Waals surface area contributed by atoms with E-state index < -0.39 is 0 Å². The van der Waals surface area contributed by atoms with Crippen LogP contribution in [0.2, 0.25) is 0 Å². The summed E-state index contributed by atoms with van der Waals surface area (Å²) in [4.78, 5) is 0. The van der Waals surface area contributed by atoms with Crippen molar-refractivity contribution in [3.63, 3.8) is 0 Å². The highest BCUT2D eigenvalue weighted by molar-refractivity contribution is 5.85. The molecule has 0 radical (unpaired) electrons. The van der Waals surface area contributed by atoms with E-state index in [0.29, 0.717) is 23.8 Å². The maximum Gasteiger partial charge on any atom is 0.172 e. The van der Waals surface area contributed by atoms with Gasteiger partial charge in [-0.15, -0.1) is 6.58 Å². The predicted molar refractivity (Wildman–Crippen MR) is 128 cm³/mol. The number of rotatable bonds is 8. The number of hydrogen-bond donors (Lipinski definition) is 0. The largest absolute Gasteiger partial charge is 0.486 e. The summed E-state index contributed by atoms with van der Waals surface area (Å²) in [6.07, 6.45) is 10.7. The molecule has 4 rings (SSSR count). The monoisotopic (exact) mass is 414 g/mol. The number of halogens is 1. The second kappa shape index (κ2) is 9.96. The zero-order valence-electron chi connectivity index (χ0n) is 18.2. The van der Waals surface area contributed by atoms with Crippen LogP contribution in [0, 0.1) is 11.7 Å². The summed E-state index contributed by atoms with van der Waals surface area (Å²) in [7, 11) is 0. The number of ether oxygens (including phenoxy) is 1. The van der Waals surface area contributed by atoms with E-state index >= 15 is 0 Å². The van der Waals surface area contributed by atoms with Crippen LogP contribution in [-0.2, 0) is 12.8 Å². The van der Waals surface area contributed by atoms with Gasteiger partial charge in [-0.1, -0.05) is 67.3 Å². The highest BCUT2D eigenvalue weighted by Crippen LogP contribution is 2.36. The average Bonchev–Trinajstić information content (AvgIpc) is 2.83. The Kier molecular flexibility index (Phi) is 6.86. The Morgan fingerprint density at radius 3 is 2.29 bits per heavy atom. The van der Waals surface area contributed by atoms with Gasteiger partial charge >= 0.3 is 0 Å². The first-order chi connectivity index (χ1) is 15.2. The van der Waals surface area contributed by atoms with E-state index in [9.17, 15) is 4.39 Å². The summed E-state index contributed by atoms with van der Waals surface area (Å²) >= 11 is 0. The highest BCUT2D eigenvalue weighted by atomic mass is 19.1. The summed E-state index contributed by atoms with van der Waals surface area (Å²) in [6, 6.07) is 18.8. The molecule has 0 aromatic heterocycles. The Labute approximate surface area is 185 Å². The van der Waals surface area contributed by atoms with E-state index in [0.717, 1.165) is 18.2 Å². The molecular weight excluding hydrogens is 383 g/mol. The van der Waals surface area contributed by atoms with Crippen molar-refractivity contribution in [1.82, 2.24) is 0 Å². The lowest BCUT2D eigenvalue weighted by Crippen LogP contribution is -2.11. The number of aryl methyl sites for hydroxylation is 2. The third-order valence-corrected chi connectivity index (χ3v) is 6.60. The van der Waals surface area contributed by atoms with Gasteiger partial charge in [-0.2, -0.15) is 0 Å². The lowest BCUT2D eigenvalue weighted by Gasteiger charge is -2.27. The van der Waals surface area contributed by atoms with Gasteiger partial charge < -0.3 is 4.74 Å². The molecular formula is C29H31FO. The fourth-order valence-electron chi connectivity index (χ4n) is 4.67. The Morgan fingerprint density at radius 2 is 1.58 bits per heavy atom. The molecule has 3 aromatic rings. The molecule has 2 heteroatoms. The van der Waals surface area contributed by atoms with Crippen LogP contribution in [0.3, 0.4) is 0 Å². The molecule has 1 nitrogen and oxygen atoms in total. The second-order valence-electron chi connectivity index (χ2n) is 8.62. The molecule has 1 aliphatic carbocycles. The van der Waals surface area contributed by atoms with Crippen LogP contribution in [0.25, 0.3) is 10.8 Å². The molecule has 1 aliphatic rings. The van der Waals surface area contributed by atoms with Crippen molar-refractivity contribution in [1.29, 1.82) is 0 Å². The molecule has 1 fully saturated rings. The summed E-state index contributed by atoms with van der Waals surface area (Å²) in [5.41, 5.74) is 4.04. The lowest BCUT2D eigenvalue weighted by molar-refractivity contribution is 0.344. The molecule has 0 aliphatic heterocycles. The van der Waals surface area contributed by atoms with Crippen molar-refractivity contribution >= 4 is 10.8 Å². The third kappa shape index (κ3) is 5.07. The quantitative estimate of drug-likeness (QED) is 0.342. The van der Waals surface area contributed by atoms with Crippen LogP contribution in [0.1, 0.15) is 48.3 Å². The van der Waals surface area contributed by atoms with Crippen molar-refractivity contribution in [2.75, 3.05) is 6.61 Å². The Balaban J connectivity index is 1.38. The van der Waals surface area contributed by atoms with Gasteiger partial charge in [0.15, 0.2) is 11.6 Å². The van der Waals surface area contributed by atoms with Crippen molar-refractivity contribution in [3.05, 3.63) is 102 Å². The van der Waals surface area contributed by atoms with Crippen LogP contribution in [0.4, 0.5) is 4.39 Å². The number of benzene rings is 3. The van der Waals surface area contributed by atoms with Crippen LogP contribution >= 0.6 is 0 Å². The molecule has 0 atom stereocenters. The second-order valence-corrected chi connectivity index (χ2v) is 8.62. The molecule has 0 amide bonds. The van der Waals surface area contributed by atoms with Gasteiger partial charge in [0.05, 0.1) is 0 Å². The molecule has 0 unspecified atom stereocenters. The van der Waals surface area contributed by atoms with Crippen molar-refractivity contribution in [2.45, 2.75) is 44.4 Å². The highest BCUT2D eigenvalue weighted by Gasteiger charge is 2.20. The van der Waals surface area contributed by atoms with Crippen LogP contribution in [-0.4, -0.2) is 6.61 Å². The third-order valence-electron chi connectivity index (χ3n) is 6.60. The molecule has 0 bridgehead atoms. The van der Waals surface area contributed by atoms with Gasteiger partial charge in [0, 0.05) is 5.39 Å². The summed E-state index contributed by atoms with van der Waals surface area (Å²) in [5.74, 6) is 1.38. The number of fused-ring (bicyclic) bond motifs is 1. The zero-order valence-corrected chi connectivity index (χ0v) is 18.2. The molecule has 1 saturated carbocycles. The van der Waals surface area contributed by atoms with E-state index in [1.54, 1.807) is 12.1 Å². The molecule has 0 spiro atoms. The zero-order chi connectivity index (χ0) is 21.6. The fourth-order valence-corrected chi connectivity index (χ4v) is 4.67. The van der Waals surface area contributed by atoms with E-state index in [2.05, 4.69) is 49.6 Å². The van der Waals surface area contributed by atoms with Gasteiger partial charge in [0.2, 0.25) is 0 Å². The SMILES string of the molecule is C=CCOc1ccc2cc(CCc3ccc(C4CCC(C=C)CC4)cc3)ccc2c1F. The molecule has 0 N–H and O–H groups in total. The first kappa shape index (κ1) is 21.4. The smallest absolute Gasteiger partial charge is 0.172 e. The van der Waals surface area contributed by atoms with E-state index in [4.69, 9.17) is 4.74 Å². The lowest BCUT2D eigenvalue weighted by atomic mass is 9.78. The fraction of sp³-hybridized carbons (Fsp3) is 0.310. The maximum absolute atomic E-state index is 14.6. The van der Waals surface area contributed by atoms with Gasteiger partial charge in [0.1, 0.15) is 6.61 Å².